The first-order valence-electron chi connectivity index (χ1n) is 5.93. The number of rotatable bonds is 3. The summed E-state index contributed by atoms with van der Waals surface area (Å²) in [6.45, 7) is 0. The second-order valence-electron chi connectivity index (χ2n) is 4.30. The van der Waals surface area contributed by atoms with Gasteiger partial charge in [-0.25, -0.2) is 12.8 Å². The Kier molecular flexibility index (Phi) is 3.61. The molecule has 0 aliphatic rings. The second kappa shape index (κ2) is 5.29. The van der Waals surface area contributed by atoms with E-state index in [2.05, 4.69) is 4.72 Å². The summed E-state index contributed by atoms with van der Waals surface area (Å²) in [7, 11) is -3.79. The van der Waals surface area contributed by atoms with Crippen molar-refractivity contribution in [3.05, 3.63) is 59.4 Å². The third-order valence-corrected chi connectivity index (χ3v) is 5.97. The van der Waals surface area contributed by atoms with E-state index >= 15 is 0 Å². The summed E-state index contributed by atoms with van der Waals surface area (Å²) in [5.74, 6) is -0.492. The first-order chi connectivity index (χ1) is 9.97. The van der Waals surface area contributed by atoms with Gasteiger partial charge < -0.3 is 0 Å². The highest BCUT2D eigenvalue weighted by atomic mass is 35.5. The quantitative estimate of drug-likeness (QED) is 0.762. The predicted molar refractivity (Wildman–Crippen MR) is 84.0 cm³/mol. The normalized spacial score (nSPS) is 11.7. The summed E-state index contributed by atoms with van der Waals surface area (Å²) in [4.78, 5) is -0.0163. The zero-order valence-electron chi connectivity index (χ0n) is 10.5. The Balaban J connectivity index is 2.01. The highest BCUT2D eigenvalue weighted by Gasteiger charge is 2.18. The van der Waals surface area contributed by atoms with Gasteiger partial charge in [-0.05, 0) is 30.3 Å². The molecule has 0 spiro atoms. The lowest BCUT2D eigenvalue weighted by molar-refractivity contribution is 0.600. The molecule has 21 heavy (non-hydrogen) atoms. The Morgan fingerprint density at radius 3 is 2.38 bits per heavy atom. The van der Waals surface area contributed by atoms with E-state index in [0.29, 0.717) is 10.0 Å². The molecule has 3 nitrogen and oxygen atoms in total. The lowest BCUT2D eigenvalue weighted by Gasteiger charge is -2.06. The van der Waals surface area contributed by atoms with Gasteiger partial charge in [0.15, 0.2) is 0 Å². The van der Waals surface area contributed by atoms with Gasteiger partial charge in [-0.2, -0.15) is 0 Å². The zero-order valence-corrected chi connectivity index (χ0v) is 12.9. The fourth-order valence-electron chi connectivity index (χ4n) is 1.87. The van der Waals surface area contributed by atoms with Crippen LogP contribution in [0.4, 0.5) is 9.39 Å². The minimum atomic E-state index is -3.79. The molecular weight excluding hydrogens is 333 g/mol. The number of hydrogen-bond acceptors (Lipinski definition) is 3. The van der Waals surface area contributed by atoms with Crippen LogP contribution in [0.5, 0.6) is 0 Å². The van der Waals surface area contributed by atoms with Gasteiger partial charge in [0, 0.05) is 10.1 Å². The Morgan fingerprint density at radius 1 is 1.05 bits per heavy atom. The largest absolute Gasteiger partial charge is 0.269 e. The summed E-state index contributed by atoms with van der Waals surface area (Å²) in [5.41, 5.74) is 0. The van der Waals surface area contributed by atoms with Crippen molar-refractivity contribution in [1.82, 2.24) is 0 Å². The van der Waals surface area contributed by atoms with Gasteiger partial charge in [0.2, 0.25) is 0 Å². The smallest absolute Gasteiger partial charge is 0.262 e. The number of thiophene rings is 1. The SMILES string of the molecule is O=S(=O)(Nc1sc2ccccc2c1Cl)c1ccc(F)cc1. The maximum atomic E-state index is 12.9. The Bertz CT molecular complexity index is 904. The van der Waals surface area contributed by atoms with E-state index in [4.69, 9.17) is 11.6 Å². The van der Waals surface area contributed by atoms with Crippen molar-refractivity contribution in [1.29, 1.82) is 0 Å². The van der Waals surface area contributed by atoms with E-state index in [-0.39, 0.29) is 4.90 Å². The molecule has 0 aliphatic carbocycles. The third-order valence-electron chi connectivity index (χ3n) is 2.89. The van der Waals surface area contributed by atoms with Crippen molar-refractivity contribution in [2.75, 3.05) is 4.72 Å². The molecule has 3 aromatic rings. The van der Waals surface area contributed by atoms with E-state index < -0.39 is 15.8 Å². The molecule has 0 atom stereocenters. The topological polar surface area (TPSA) is 46.2 Å². The van der Waals surface area contributed by atoms with Crippen molar-refractivity contribution < 1.29 is 12.8 Å². The minimum Gasteiger partial charge on any atom is -0.269 e. The van der Waals surface area contributed by atoms with Crippen molar-refractivity contribution in [3.8, 4) is 0 Å². The Morgan fingerprint density at radius 2 is 1.71 bits per heavy atom. The van der Waals surface area contributed by atoms with Gasteiger partial charge in [0.1, 0.15) is 10.8 Å². The van der Waals surface area contributed by atoms with E-state index in [9.17, 15) is 12.8 Å². The molecule has 0 fully saturated rings. The van der Waals surface area contributed by atoms with Crippen molar-refractivity contribution in [2.24, 2.45) is 0 Å². The predicted octanol–water partition coefficient (Wildman–Crippen LogP) is 4.49. The summed E-state index contributed by atoms with van der Waals surface area (Å²) in [6, 6.07) is 12.0. The van der Waals surface area contributed by atoms with E-state index in [0.717, 1.165) is 22.2 Å². The highest BCUT2D eigenvalue weighted by Crippen LogP contribution is 2.40. The number of benzene rings is 2. The van der Waals surface area contributed by atoms with Crippen LogP contribution in [-0.4, -0.2) is 8.42 Å². The Labute approximate surface area is 130 Å². The van der Waals surface area contributed by atoms with Gasteiger partial charge >= 0.3 is 0 Å². The molecule has 0 saturated carbocycles. The number of fused-ring (bicyclic) bond motifs is 1. The lowest BCUT2D eigenvalue weighted by atomic mass is 10.3. The van der Waals surface area contributed by atoms with Gasteiger partial charge in [0.05, 0.1) is 9.92 Å². The fraction of sp³-hybridized carbons (Fsp3) is 0. The molecular formula is C14H9ClFNO2S2. The monoisotopic (exact) mass is 341 g/mol. The standard InChI is InChI=1S/C14H9ClFNO2S2/c15-13-11-3-1-2-4-12(11)20-14(13)17-21(18,19)10-7-5-9(16)6-8-10/h1-8,17H. The Hall–Kier alpha value is -1.63. The average molecular weight is 342 g/mol. The van der Waals surface area contributed by atoms with Crippen LogP contribution < -0.4 is 4.72 Å². The number of sulfonamides is 1. The molecule has 0 radical (unpaired) electrons. The van der Waals surface area contributed by atoms with Crippen LogP contribution >= 0.6 is 22.9 Å². The lowest BCUT2D eigenvalue weighted by Crippen LogP contribution is -2.12. The van der Waals surface area contributed by atoms with Crippen LogP contribution in [0.1, 0.15) is 0 Å². The molecule has 2 aromatic carbocycles. The van der Waals surface area contributed by atoms with Crippen LogP contribution in [0.15, 0.2) is 53.4 Å². The van der Waals surface area contributed by atoms with Gasteiger partial charge in [0.25, 0.3) is 10.0 Å². The van der Waals surface area contributed by atoms with Crippen LogP contribution in [-0.2, 0) is 10.0 Å². The van der Waals surface area contributed by atoms with Crippen molar-refractivity contribution in [2.45, 2.75) is 4.90 Å². The van der Waals surface area contributed by atoms with Crippen LogP contribution in [0.25, 0.3) is 10.1 Å². The van der Waals surface area contributed by atoms with Gasteiger partial charge in [-0.3, -0.25) is 4.72 Å². The van der Waals surface area contributed by atoms with Crippen molar-refractivity contribution >= 4 is 48.0 Å². The van der Waals surface area contributed by atoms with E-state index in [1.165, 1.54) is 23.5 Å². The molecule has 0 aliphatic heterocycles. The molecule has 7 heteroatoms. The van der Waals surface area contributed by atoms with Crippen LogP contribution in [0.3, 0.4) is 0 Å². The molecule has 0 bridgehead atoms. The van der Waals surface area contributed by atoms with Gasteiger partial charge in [-0.1, -0.05) is 29.8 Å². The molecule has 1 aromatic heterocycles. The number of nitrogens with one attached hydrogen (secondary N) is 1. The zero-order chi connectivity index (χ0) is 15.0. The molecule has 0 amide bonds. The fourth-order valence-corrected chi connectivity index (χ4v) is 4.61. The first-order valence-corrected chi connectivity index (χ1v) is 8.60. The third kappa shape index (κ3) is 2.74. The highest BCUT2D eigenvalue weighted by molar-refractivity contribution is 7.93. The summed E-state index contributed by atoms with van der Waals surface area (Å²) in [6.07, 6.45) is 0. The van der Waals surface area contributed by atoms with Crippen LogP contribution in [0.2, 0.25) is 5.02 Å². The number of anilines is 1. The second-order valence-corrected chi connectivity index (χ2v) is 7.41. The number of halogens is 2. The summed E-state index contributed by atoms with van der Waals surface area (Å²) >= 11 is 7.45. The van der Waals surface area contributed by atoms with E-state index in [1.807, 2.05) is 24.3 Å². The average Bonchev–Trinajstić information content (AvgIpc) is 2.76. The molecule has 1 N–H and O–H groups in total. The maximum Gasteiger partial charge on any atom is 0.262 e. The number of hydrogen-bond donors (Lipinski definition) is 1. The van der Waals surface area contributed by atoms with Crippen LogP contribution in [0, 0.1) is 5.82 Å². The van der Waals surface area contributed by atoms with Crippen molar-refractivity contribution in [3.63, 3.8) is 0 Å². The molecule has 1 heterocycles. The summed E-state index contributed by atoms with van der Waals surface area (Å²) < 4.78 is 40.7. The molecule has 3 rings (SSSR count). The maximum absolute atomic E-state index is 12.9. The van der Waals surface area contributed by atoms with Gasteiger partial charge in [-0.15, -0.1) is 11.3 Å². The van der Waals surface area contributed by atoms with E-state index in [1.54, 1.807) is 0 Å². The molecule has 0 unspecified atom stereocenters. The summed E-state index contributed by atoms with van der Waals surface area (Å²) in [5, 5.41) is 1.50. The minimum absolute atomic E-state index is 0.0163. The molecule has 108 valence electrons. The first kappa shape index (κ1) is 14.3. The molecule has 0 saturated heterocycles.